The molecular weight excluding hydrogens is 230 g/mol. The van der Waals surface area contributed by atoms with Gasteiger partial charge in [-0.15, -0.1) is 5.10 Å². The number of nitrogens with one attached hydrogen (secondary N) is 1. The van der Waals surface area contributed by atoms with Gasteiger partial charge in [0, 0.05) is 12.6 Å². The summed E-state index contributed by atoms with van der Waals surface area (Å²) in [6.07, 6.45) is 1.63. The molecule has 3 N–H and O–H groups in total. The van der Waals surface area contributed by atoms with Gasteiger partial charge in [0.1, 0.15) is 0 Å². The Morgan fingerprint density at radius 3 is 2.56 bits per heavy atom. The predicted octanol–water partition coefficient (Wildman–Crippen LogP) is 0.401. The number of aromatic nitrogens is 3. The highest BCUT2D eigenvalue weighted by molar-refractivity contribution is 5.92. The summed E-state index contributed by atoms with van der Waals surface area (Å²) in [5.74, 6) is -0.165. The number of carbonyl (C=O) groups is 1. The van der Waals surface area contributed by atoms with Crippen molar-refractivity contribution < 1.29 is 4.79 Å². The van der Waals surface area contributed by atoms with Gasteiger partial charge < -0.3 is 11.1 Å². The fourth-order valence-electron chi connectivity index (χ4n) is 2.41. The van der Waals surface area contributed by atoms with E-state index >= 15 is 0 Å². The van der Waals surface area contributed by atoms with Crippen molar-refractivity contribution in [1.29, 1.82) is 0 Å². The topological polar surface area (TPSA) is 85.8 Å². The van der Waals surface area contributed by atoms with Crippen LogP contribution >= 0.6 is 0 Å². The van der Waals surface area contributed by atoms with Crippen molar-refractivity contribution in [1.82, 2.24) is 20.3 Å². The molecule has 1 saturated carbocycles. The molecule has 0 bridgehead atoms. The van der Waals surface area contributed by atoms with Crippen LogP contribution < -0.4 is 11.1 Å². The van der Waals surface area contributed by atoms with E-state index in [0.29, 0.717) is 18.8 Å². The van der Waals surface area contributed by atoms with Crippen molar-refractivity contribution in [2.24, 2.45) is 16.6 Å². The molecule has 1 aromatic rings. The minimum absolute atomic E-state index is 0.121. The summed E-state index contributed by atoms with van der Waals surface area (Å²) in [6.45, 7) is 9.67. The average molecular weight is 251 g/mol. The van der Waals surface area contributed by atoms with E-state index < -0.39 is 0 Å². The van der Waals surface area contributed by atoms with Gasteiger partial charge in [-0.2, -0.15) is 0 Å². The first-order chi connectivity index (χ1) is 8.30. The van der Waals surface area contributed by atoms with Crippen LogP contribution in [0.1, 0.15) is 38.2 Å². The van der Waals surface area contributed by atoms with E-state index in [1.807, 2.05) is 0 Å². The van der Waals surface area contributed by atoms with E-state index in [2.05, 4.69) is 43.3 Å². The molecule has 0 radical (unpaired) electrons. The highest BCUT2D eigenvalue weighted by Crippen LogP contribution is 2.62. The van der Waals surface area contributed by atoms with Gasteiger partial charge in [0.15, 0.2) is 5.69 Å². The molecule has 1 amide bonds. The number of rotatable bonds is 4. The summed E-state index contributed by atoms with van der Waals surface area (Å²) < 4.78 is 1.58. The summed E-state index contributed by atoms with van der Waals surface area (Å²) >= 11 is 0. The average Bonchev–Trinajstić information content (AvgIpc) is 2.69. The number of hydrogen-bond acceptors (Lipinski definition) is 4. The second-order valence-corrected chi connectivity index (χ2v) is 6.01. The maximum atomic E-state index is 12.0. The van der Waals surface area contributed by atoms with E-state index in [1.54, 1.807) is 10.9 Å². The van der Waals surface area contributed by atoms with Crippen LogP contribution in [0.5, 0.6) is 0 Å². The van der Waals surface area contributed by atoms with E-state index in [-0.39, 0.29) is 22.8 Å². The van der Waals surface area contributed by atoms with E-state index in [1.165, 1.54) is 0 Å². The minimum Gasteiger partial charge on any atom is -0.347 e. The molecule has 0 atom stereocenters. The second kappa shape index (κ2) is 4.05. The zero-order valence-electron chi connectivity index (χ0n) is 11.4. The van der Waals surface area contributed by atoms with Gasteiger partial charge in [0.2, 0.25) is 0 Å². The molecule has 0 unspecified atom stereocenters. The van der Waals surface area contributed by atoms with Crippen LogP contribution in [0.4, 0.5) is 0 Å². The highest BCUT2D eigenvalue weighted by Gasteiger charge is 2.65. The molecule has 100 valence electrons. The number of hydrogen-bond donors (Lipinski definition) is 2. The van der Waals surface area contributed by atoms with Crippen molar-refractivity contribution in [2.45, 2.75) is 40.3 Å². The van der Waals surface area contributed by atoms with Crippen LogP contribution in [0.25, 0.3) is 0 Å². The highest BCUT2D eigenvalue weighted by atomic mass is 16.2. The van der Waals surface area contributed by atoms with Crippen LogP contribution in [0.3, 0.4) is 0 Å². The lowest BCUT2D eigenvalue weighted by atomic mass is 10.0. The first kappa shape index (κ1) is 13.0. The number of nitrogens with zero attached hydrogens (tertiary/aromatic N) is 3. The van der Waals surface area contributed by atoms with Crippen LogP contribution in [-0.2, 0) is 6.54 Å². The Hall–Kier alpha value is -1.43. The lowest BCUT2D eigenvalue weighted by molar-refractivity contribution is 0.0938. The Labute approximate surface area is 107 Å². The molecule has 0 aromatic carbocycles. The largest absolute Gasteiger partial charge is 0.347 e. The van der Waals surface area contributed by atoms with Crippen LogP contribution in [0.15, 0.2) is 6.20 Å². The molecule has 1 heterocycles. The van der Waals surface area contributed by atoms with Gasteiger partial charge in [-0.1, -0.05) is 32.9 Å². The van der Waals surface area contributed by atoms with Gasteiger partial charge in [-0.3, -0.25) is 9.48 Å². The summed E-state index contributed by atoms with van der Waals surface area (Å²) in [5.41, 5.74) is 6.01. The van der Waals surface area contributed by atoms with E-state index in [0.717, 1.165) is 0 Å². The van der Waals surface area contributed by atoms with E-state index in [9.17, 15) is 4.79 Å². The van der Waals surface area contributed by atoms with Gasteiger partial charge in [-0.25, -0.2) is 0 Å². The summed E-state index contributed by atoms with van der Waals surface area (Å²) in [6, 6.07) is 0.178. The molecule has 6 nitrogen and oxygen atoms in total. The standard InChI is InChI=1S/C12H21N5O/c1-11(2)10(12(11,3)4)14-9(18)8-7-17(6-5-13)16-15-8/h7,10H,5-6,13H2,1-4H3,(H,14,18). The lowest BCUT2D eigenvalue weighted by Gasteiger charge is -2.03. The molecule has 1 aliphatic carbocycles. The molecule has 1 aliphatic rings. The fraction of sp³-hybridized carbons (Fsp3) is 0.750. The third-order valence-corrected chi connectivity index (χ3v) is 4.43. The Kier molecular flexibility index (Phi) is 2.93. The molecule has 0 spiro atoms. The summed E-state index contributed by atoms with van der Waals surface area (Å²) in [7, 11) is 0. The zero-order valence-corrected chi connectivity index (χ0v) is 11.4. The van der Waals surface area contributed by atoms with Crippen molar-refractivity contribution in [2.75, 3.05) is 6.54 Å². The molecule has 2 rings (SSSR count). The first-order valence-corrected chi connectivity index (χ1v) is 6.22. The summed E-state index contributed by atoms with van der Waals surface area (Å²) in [5, 5.41) is 10.7. The number of carbonyl (C=O) groups excluding carboxylic acids is 1. The molecule has 0 saturated heterocycles. The maximum Gasteiger partial charge on any atom is 0.273 e. The first-order valence-electron chi connectivity index (χ1n) is 6.22. The van der Waals surface area contributed by atoms with Crippen molar-refractivity contribution in [3.63, 3.8) is 0 Å². The molecule has 6 heteroatoms. The molecular formula is C12H21N5O. The van der Waals surface area contributed by atoms with Crippen LogP contribution in [-0.4, -0.2) is 33.5 Å². The molecule has 0 aliphatic heterocycles. The maximum absolute atomic E-state index is 12.0. The molecule has 1 aromatic heterocycles. The Morgan fingerprint density at radius 2 is 2.06 bits per heavy atom. The zero-order chi connectivity index (χ0) is 13.6. The van der Waals surface area contributed by atoms with Gasteiger partial charge >= 0.3 is 0 Å². The summed E-state index contributed by atoms with van der Waals surface area (Å²) in [4.78, 5) is 12.0. The Morgan fingerprint density at radius 1 is 1.44 bits per heavy atom. The van der Waals surface area contributed by atoms with Gasteiger partial charge in [-0.05, 0) is 10.8 Å². The third-order valence-electron chi connectivity index (χ3n) is 4.43. The van der Waals surface area contributed by atoms with Gasteiger partial charge in [0.25, 0.3) is 5.91 Å². The van der Waals surface area contributed by atoms with Crippen molar-refractivity contribution in [3.8, 4) is 0 Å². The molecule has 1 fully saturated rings. The number of nitrogens with two attached hydrogens (primary N) is 1. The van der Waals surface area contributed by atoms with Crippen molar-refractivity contribution >= 4 is 5.91 Å². The smallest absolute Gasteiger partial charge is 0.273 e. The monoisotopic (exact) mass is 251 g/mol. The Bertz CT molecular complexity index is 449. The SMILES string of the molecule is CC1(C)C(NC(=O)c2cn(CCN)nn2)C1(C)C. The lowest BCUT2D eigenvalue weighted by Crippen LogP contribution is -2.30. The second-order valence-electron chi connectivity index (χ2n) is 6.01. The third kappa shape index (κ3) is 1.90. The van der Waals surface area contributed by atoms with Gasteiger partial charge in [0.05, 0.1) is 12.7 Å². The number of amides is 1. The van der Waals surface area contributed by atoms with Crippen LogP contribution in [0.2, 0.25) is 0 Å². The fourth-order valence-corrected chi connectivity index (χ4v) is 2.41. The normalized spacial score (nSPS) is 20.7. The van der Waals surface area contributed by atoms with Crippen molar-refractivity contribution in [3.05, 3.63) is 11.9 Å². The predicted molar refractivity (Wildman–Crippen MR) is 67.9 cm³/mol. The van der Waals surface area contributed by atoms with Crippen LogP contribution in [0, 0.1) is 10.8 Å². The minimum atomic E-state index is -0.165. The Balaban J connectivity index is 2.01. The quantitative estimate of drug-likeness (QED) is 0.811. The van der Waals surface area contributed by atoms with E-state index in [4.69, 9.17) is 5.73 Å². The molecule has 18 heavy (non-hydrogen) atoms.